The topological polar surface area (TPSA) is 67.9 Å². The number of nitrogens with one attached hydrogen (secondary N) is 1. The standard InChI is InChI=1S/C14H17ClN2O4/c1-9-14(19)17(8-13(18)16-5-6-20-2)11-7-10(15)3-4-12(11)21-9/h3-4,7,9H,5-6,8H2,1-2H3,(H,16,18). The predicted molar refractivity (Wildman–Crippen MR) is 78.8 cm³/mol. The highest BCUT2D eigenvalue weighted by atomic mass is 35.5. The van der Waals surface area contributed by atoms with Gasteiger partial charge in [0.25, 0.3) is 5.91 Å². The number of methoxy groups -OCH3 is 1. The van der Waals surface area contributed by atoms with Gasteiger partial charge in [-0.25, -0.2) is 0 Å². The summed E-state index contributed by atoms with van der Waals surface area (Å²) in [5.41, 5.74) is 0.507. The molecule has 6 nitrogen and oxygen atoms in total. The second kappa shape index (κ2) is 6.78. The van der Waals surface area contributed by atoms with Crippen LogP contribution in [0.15, 0.2) is 18.2 Å². The van der Waals surface area contributed by atoms with Crippen LogP contribution in [0.1, 0.15) is 6.92 Å². The van der Waals surface area contributed by atoms with Crippen LogP contribution in [-0.4, -0.2) is 44.7 Å². The first-order valence-corrected chi connectivity index (χ1v) is 6.94. The third-order valence-corrected chi connectivity index (χ3v) is 3.29. The average molecular weight is 313 g/mol. The van der Waals surface area contributed by atoms with E-state index < -0.39 is 6.10 Å². The SMILES string of the molecule is COCCNC(=O)CN1C(=O)C(C)Oc2ccc(Cl)cc21. The van der Waals surface area contributed by atoms with Crippen LogP contribution in [0.3, 0.4) is 0 Å². The van der Waals surface area contributed by atoms with E-state index >= 15 is 0 Å². The minimum atomic E-state index is -0.634. The van der Waals surface area contributed by atoms with Crippen molar-refractivity contribution in [1.29, 1.82) is 0 Å². The summed E-state index contributed by atoms with van der Waals surface area (Å²) in [5, 5.41) is 3.16. The molecule has 0 bridgehead atoms. The normalized spacial score (nSPS) is 17.2. The molecule has 1 aliphatic heterocycles. The molecule has 7 heteroatoms. The summed E-state index contributed by atoms with van der Waals surface area (Å²) in [5.74, 6) is 0.00303. The summed E-state index contributed by atoms with van der Waals surface area (Å²) < 4.78 is 10.4. The monoisotopic (exact) mass is 312 g/mol. The molecule has 1 aromatic rings. The highest BCUT2D eigenvalue weighted by molar-refractivity contribution is 6.31. The molecule has 0 saturated carbocycles. The Hall–Kier alpha value is -1.79. The van der Waals surface area contributed by atoms with Gasteiger partial charge >= 0.3 is 0 Å². The first-order valence-electron chi connectivity index (χ1n) is 6.56. The van der Waals surface area contributed by atoms with Crippen molar-refractivity contribution in [3.63, 3.8) is 0 Å². The van der Waals surface area contributed by atoms with E-state index in [-0.39, 0.29) is 18.4 Å². The Morgan fingerprint density at radius 2 is 2.29 bits per heavy atom. The smallest absolute Gasteiger partial charge is 0.268 e. The number of nitrogens with zero attached hydrogens (tertiary/aromatic N) is 1. The zero-order valence-electron chi connectivity index (χ0n) is 11.9. The van der Waals surface area contributed by atoms with E-state index in [1.54, 1.807) is 32.2 Å². The number of fused-ring (bicyclic) bond motifs is 1. The average Bonchev–Trinajstić information content (AvgIpc) is 2.45. The summed E-state index contributed by atoms with van der Waals surface area (Å²) in [6.45, 7) is 2.38. The van der Waals surface area contributed by atoms with Gasteiger partial charge in [0.2, 0.25) is 5.91 Å². The molecule has 1 aliphatic rings. The number of anilines is 1. The molecule has 2 rings (SSSR count). The van der Waals surface area contributed by atoms with Gasteiger partial charge in [0.05, 0.1) is 12.3 Å². The van der Waals surface area contributed by atoms with E-state index in [0.717, 1.165) is 0 Å². The molecule has 1 atom stereocenters. The van der Waals surface area contributed by atoms with Crippen LogP contribution in [0.25, 0.3) is 0 Å². The van der Waals surface area contributed by atoms with Gasteiger partial charge in [0.15, 0.2) is 6.10 Å². The van der Waals surface area contributed by atoms with E-state index in [1.807, 2.05) is 0 Å². The molecule has 0 spiro atoms. The first kappa shape index (κ1) is 15.6. The summed E-state index contributed by atoms with van der Waals surface area (Å²) >= 11 is 5.95. The lowest BCUT2D eigenvalue weighted by Gasteiger charge is -2.32. The van der Waals surface area contributed by atoms with Crippen molar-refractivity contribution in [2.24, 2.45) is 0 Å². The van der Waals surface area contributed by atoms with Crippen molar-refractivity contribution in [3.8, 4) is 5.75 Å². The Balaban J connectivity index is 2.15. The number of amides is 2. The Kier molecular flexibility index (Phi) is 5.03. The second-order valence-corrected chi connectivity index (χ2v) is 5.08. The highest BCUT2D eigenvalue weighted by Gasteiger charge is 2.32. The lowest BCUT2D eigenvalue weighted by molar-refractivity contribution is -0.128. The lowest BCUT2D eigenvalue weighted by Crippen LogP contribution is -2.49. The van der Waals surface area contributed by atoms with Crippen molar-refractivity contribution in [2.45, 2.75) is 13.0 Å². The minimum Gasteiger partial charge on any atom is -0.479 e. The lowest BCUT2D eigenvalue weighted by atomic mass is 10.2. The van der Waals surface area contributed by atoms with Gasteiger partial charge in [-0.3, -0.25) is 14.5 Å². The summed E-state index contributed by atoms with van der Waals surface area (Å²) in [4.78, 5) is 25.5. The minimum absolute atomic E-state index is 0.0798. The van der Waals surface area contributed by atoms with Gasteiger partial charge in [-0.05, 0) is 25.1 Å². The molecule has 0 aliphatic carbocycles. The van der Waals surface area contributed by atoms with Crippen molar-refractivity contribution in [3.05, 3.63) is 23.2 Å². The maximum atomic E-state index is 12.2. The fourth-order valence-electron chi connectivity index (χ4n) is 2.04. The number of halogens is 1. The molecule has 1 N–H and O–H groups in total. The van der Waals surface area contributed by atoms with E-state index in [0.29, 0.717) is 29.6 Å². The fourth-order valence-corrected chi connectivity index (χ4v) is 2.20. The summed E-state index contributed by atoms with van der Waals surface area (Å²) in [7, 11) is 1.55. The van der Waals surface area contributed by atoms with Crippen molar-refractivity contribution in [2.75, 3.05) is 31.7 Å². The van der Waals surface area contributed by atoms with Crippen LogP contribution in [0.5, 0.6) is 5.75 Å². The molecule has 1 heterocycles. The number of ether oxygens (including phenoxy) is 2. The molecule has 1 unspecified atom stereocenters. The van der Waals surface area contributed by atoms with Crippen molar-refractivity contribution >= 4 is 29.1 Å². The number of hydrogen-bond donors (Lipinski definition) is 1. The Morgan fingerprint density at radius 1 is 1.52 bits per heavy atom. The van der Waals surface area contributed by atoms with Gasteiger partial charge < -0.3 is 14.8 Å². The number of carbonyl (C=O) groups excluding carboxylic acids is 2. The van der Waals surface area contributed by atoms with Crippen LogP contribution in [0.4, 0.5) is 5.69 Å². The molecule has 0 aromatic heterocycles. The molecule has 0 fully saturated rings. The zero-order valence-corrected chi connectivity index (χ0v) is 12.6. The first-order chi connectivity index (χ1) is 10.0. The Bertz CT molecular complexity index is 550. The Labute approximate surface area is 128 Å². The van der Waals surface area contributed by atoms with Gasteiger partial charge in [0.1, 0.15) is 12.3 Å². The predicted octanol–water partition coefficient (Wildman–Crippen LogP) is 1.22. The third-order valence-electron chi connectivity index (χ3n) is 3.06. The number of benzene rings is 1. The molecule has 0 radical (unpaired) electrons. The largest absolute Gasteiger partial charge is 0.479 e. The van der Waals surface area contributed by atoms with Crippen LogP contribution >= 0.6 is 11.6 Å². The van der Waals surface area contributed by atoms with Gasteiger partial charge in [-0.1, -0.05) is 11.6 Å². The van der Waals surface area contributed by atoms with E-state index in [1.165, 1.54) is 4.90 Å². The maximum absolute atomic E-state index is 12.2. The van der Waals surface area contributed by atoms with Crippen molar-refractivity contribution in [1.82, 2.24) is 5.32 Å². The van der Waals surface area contributed by atoms with Gasteiger partial charge in [-0.15, -0.1) is 0 Å². The molecule has 0 saturated heterocycles. The zero-order chi connectivity index (χ0) is 15.4. The molecular weight excluding hydrogens is 296 g/mol. The highest BCUT2D eigenvalue weighted by Crippen LogP contribution is 2.35. The quantitative estimate of drug-likeness (QED) is 0.830. The van der Waals surface area contributed by atoms with E-state index in [2.05, 4.69) is 5.32 Å². The van der Waals surface area contributed by atoms with Crippen LogP contribution in [0, 0.1) is 0 Å². The summed E-state index contributed by atoms with van der Waals surface area (Å²) in [6, 6.07) is 4.99. The molecule has 21 heavy (non-hydrogen) atoms. The van der Waals surface area contributed by atoms with Crippen LogP contribution in [0.2, 0.25) is 5.02 Å². The fraction of sp³-hybridized carbons (Fsp3) is 0.429. The van der Waals surface area contributed by atoms with Crippen molar-refractivity contribution < 1.29 is 19.1 Å². The third kappa shape index (κ3) is 3.65. The van der Waals surface area contributed by atoms with E-state index in [4.69, 9.17) is 21.1 Å². The molecular formula is C14H17ClN2O4. The summed E-state index contributed by atoms with van der Waals surface area (Å²) in [6.07, 6.45) is -0.634. The second-order valence-electron chi connectivity index (χ2n) is 4.64. The molecule has 2 amide bonds. The molecule has 1 aromatic carbocycles. The maximum Gasteiger partial charge on any atom is 0.268 e. The van der Waals surface area contributed by atoms with Gasteiger partial charge in [0, 0.05) is 18.7 Å². The Morgan fingerprint density at radius 3 is 3.00 bits per heavy atom. The van der Waals surface area contributed by atoms with Crippen LogP contribution < -0.4 is 15.0 Å². The molecule has 114 valence electrons. The van der Waals surface area contributed by atoms with Crippen LogP contribution in [-0.2, 0) is 14.3 Å². The van der Waals surface area contributed by atoms with E-state index in [9.17, 15) is 9.59 Å². The number of carbonyl (C=O) groups is 2. The van der Waals surface area contributed by atoms with Gasteiger partial charge in [-0.2, -0.15) is 0 Å². The number of rotatable bonds is 5. The number of hydrogen-bond acceptors (Lipinski definition) is 4.